The highest BCUT2D eigenvalue weighted by Gasteiger charge is 2.29. The van der Waals surface area contributed by atoms with Crippen LogP contribution in [0.1, 0.15) is 30.6 Å². The van der Waals surface area contributed by atoms with E-state index in [9.17, 15) is 4.79 Å². The molecule has 1 amide bonds. The molecule has 4 rings (SSSR count). The second kappa shape index (κ2) is 8.99. The third-order valence-electron chi connectivity index (χ3n) is 5.38. The molecule has 27 heavy (non-hydrogen) atoms. The summed E-state index contributed by atoms with van der Waals surface area (Å²) < 4.78 is 5.96. The molecule has 144 valence electrons. The molecule has 0 spiro atoms. The highest BCUT2D eigenvalue weighted by Crippen LogP contribution is 2.25. The van der Waals surface area contributed by atoms with Crippen LogP contribution in [0.5, 0.6) is 5.19 Å². The zero-order valence-electron chi connectivity index (χ0n) is 15.3. The molecule has 0 N–H and O–H groups in total. The minimum atomic E-state index is 0.136. The maximum Gasteiger partial charge on any atom is 0.273 e. The summed E-state index contributed by atoms with van der Waals surface area (Å²) in [6, 6.07) is 4.63. The van der Waals surface area contributed by atoms with Gasteiger partial charge in [0.1, 0.15) is 6.10 Å². The molecule has 2 aromatic rings. The number of nitrogens with zero attached hydrogens (tertiary/aromatic N) is 3. The molecule has 0 atom stereocenters. The van der Waals surface area contributed by atoms with E-state index < -0.39 is 0 Å². The Bertz CT molecular complexity index is 729. The highest BCUT2D eigenvalue weighted by molar-refractivity contribution is 7.11. The van der Waals surface area contributed by atoms with Crippen molar-refractivity contribution in [3.05, 3.63) is 40.0 Å². The van der Waals surface area contributed by atoms with Crippen LogP contribution in [-0.4, -0.2) is 59.0 Å². The monoisotopic (exact) mass is 403 g/mol. The van der Waals surface area contributed by atoms with E-state index in [4.69, 9.17) is 4.74 Å². The average molecular weight is 404 g/mol. The van der Waals surface area contributed by atoms with Crippen LogP contribution in [0.25, 0.3) is 6.08 Å². The van der Waals surface area contributed by atoms with Crippen molar-refractivity contribution in [2.24, 2.45) is 0 Å². The largest absolute Gasteiger partial charge is 0.467 e. The molecule has 0 saturated carbocycles. The van der Waals surface area contributed by atoms with Crippen molar-refractivity contribution in [3.8, 4) is 5.19 Å². The Balaban J connectivity index is 1.20. The predicted molar refractivity (Wildman–Crippen MR) is 110 cm³/mol. The molecule has 0 aromatic carbocycles. The number of rotatable bonds is 5. The Kier molecular flexibility index (Phi) is 6.21. The van der Waals surface area contributed by atoms with Gasteiger partial charge in [0, 0.05) is 54.8 Å². The fourth-order valence-electron chi connectivity index (χ4n) is 3.87. The normalized spacial score (nSPS) is 20.4. The van der Waals surface area contributed by atoms with Crippen LogP contribution in [0.15, 0.2) is 35.2 Å². The molecule has 2 aromatic heterocycles. The second-order valence-electron chi connectivity index (χ2n) is 7.06. The lowest BCUT2D eigenvalue weighted by Gasteiger charge is -2.41. The van der Waals surface area contributed by atoms with Crippen molar-refractivity contribution in [2.75, 3.05) is 26.2 Å². The summed E-state index contributed by atoms with van der Waals surface area (Å²) in [7, 11) is 0. The SMILES string of the molecule is O=C(/C=C/c1cccs1)N1CCC(N2CCC(Oc3nccs3)CC2)CC1. The Morgan fingerprint density at radius 1 is 1.11 bits per heavy atom. The number of hydrogen-bond donors (Lipinski definition) is 0. The van der Waals surface area contributed by atoms with E-state index in [1.807, 2.05) is 33.9 Å². The molecule has 0 aliphatic carbocycles. The summed E-state index contributed by atoms with van der Waals surface area (Å²) in [6.45, 7) is 3.86. The fraction of sp³-hybridized carbons (Fsp3) is 0.500. The smallest absolute Gasteiger partial charge is 0.273 e. The molecule has 2 fully saturated rings. The number of thiophene rings is 1. The molecule has 5 nitrogen and oxygen atoms in total. The molecule has 2 saturated heterocycles. The second-order valence-corrected chi connectivity index (χ2v) is 8.89. The number of carbonyl (C=O) groups excluding carboxylic acids is 1. The van der Waals surface area contributed by atoms with Crippen molar-refractivity contribution in [1.82, 2.24) is 14.8 Å². The van der Waals surface area contributed by atoms with Crippen molar-refractivity contribution >= 4 is 34.7 Å². The molecule has 4 heterocycles. The Morgan fingerprint density at radius 3 is 2.59 bits per heavy atom. The summed E-state index contributed by atoms with van der Waals surface area (Å²) in [5.74, 6) is 0.136. The highest BCUT2D eigenvalue weighted by atomic mass is 32.1. The Labute approximate surface area is 168 Å². The van der Waals surface area contributed by atoms with Crippen molar-refractivity contribution in [2.45, 2.75) is 37.8 Å². The molecule has 0 bridgehead atoms. The number of piperidine rings is 2. The molecular formula is C20H25N3O2S2. The quantitative estimate of drug-likeness (QED) is 0.714. The predicted octanol–water partition coefficient (Wildman–Crippen LogP) is 3.75. The third kappa shape index (κ3) is 4.97. The van der Waals surface area contributed by atoms with E-state index in [2.05, 4.69) is 9.88 Å². The first-order valence-corrected chi connectivity index (χ1v) is 11.3. The number of ether oxygens (including phenoxy) is 1. The first-order valence-electron chi connectivity index (χ1n) is 9.58. The molecule has 7 heteroatoms. The van der Waals surface area contributed by atoms with Gasteiger partial charge in [-0.2, -0.15) is 0 Å². The minimum Gasteiger partial charge on any atom is -0.467 e. The van der Waals surface area contributed by atoms with Crippen LogP contribution in [0.4, 0.5) is 0 Å². The minimum absolute atomic E-state index is 0.136. The van der Waals surface area contributed by atoms with Gasteiger partial charge >= 0.3 is 0 Å². The standard InChI is InChI=1S/C20H25N3O2S2/c24-19(4-3-18-2-1-14-26-18)23-10-5-16(6-11-23)22-12-7-17(8-13-22)25-20-21-9-15-27-20/h1-4,9,14-17H,5-8,10-13H2/b4-3+. The number of carbonyl (C=O) groups is 1. The van der Waals surface area contributed by atoms with Gasteiger partial charge in [-0.05, 0) is 43.2 Å². The summed E-state index contributed by atoms with van der Waals surface area (Å²) in [4.78, 5) is 22.3. The van der Waals surface area contributed by atoms with Crippen LogP contribution in [0.2, 0.25) is 0 Å². The van der Waals surface area contributed by atoms with Crippen molar-refractivity contribution < 1.29 is 9.53 Å². The zero-order chi connectivity index (χ0) is 18.5. The Hall–Kier alpha value is -1.70. The summed E-state index contributed by atoms with van der Waals surface area (Å²) in [5, 5.41) is 4.77. The van der Waals surface area contributed by atoms with E-state index in [0.29, 0.717) is 6.04 Å². The molecule has 0 unspecified atom stereocenters. The van der Waals surface area contributed by atoms with Gasteiger partial charge in [0.25, 0.3) is 5.19 Å². The number of amides is 1. The van der Waals surface area contributed by atoms with Gasteiger partial charge < -0.3 is 9.64 Å². The van der Waals surface area contributed by atoms with Crippen molar-refractivity contribution in [3.63, 3.8) is 0 Å². The van der Waals surface area contributed by atoms with E-state index in [1.165, 1.54) is 0 Å². The number of likely N-dealkylation sites (tertiary alicyclic amines) is 2. The number of hydrogen-bond acceptors (Lipinski definition) is 6. The lowest BCUT2D eigenvalue weighted by atomic mass is 9.99. The van der Waals surface area contributed by atoms with E-state index in [-0.39, 0.29) is 12.0 Å². The van der Waals surface area contributed by atoms with Crippen LogP contribution in [0, 0.1) is 0 Å². The van der Waals surface area contributed by atoms with Crippen molar-refractivity contribution in [1.29, 1.82) is 0 Å². The summed E-state index contributed by atoms with van der Waals surface area (Å²) in [5.41, 5.74) is 0. The number of thiazole rings is 1. The van der Waals surface area contributed by atoms with Crippen LogP contribution in [0.3, 0.4) is 0 Å². The lowest BCUT2D eigenvalue weighted by Crippen LogP contribution is -2.49. The average Bonchev–Trinajstić information content (AvgIpc) is 3.41. The first-order chi connectivity index (χ1) is 13.3. The topological polar surface area (TPSA) is 45.7 Å². The molecular weight excluding hydrogens is 378 g/mol. The van der Waals surface area contributed by atoms with Gasteiger partial charge in [-0.15, -0.1) is 11.3 Å². The van der Waals surface area contributed by atoms with Gasteiger partial charge in [-0.1, -0.05) is 17.4 Å². The van der Waals surface area contributed by atoms with Crippen LogP contribution in [-0.2, 0) is 4.79 Å². The van der Waals surface area contributed by atoms with Crippen LogP contribution < -0.4 is 4.74 Å². The molecule has 2 aliphatic heterocycles. The summed E-state index contributed by atoms with van der Waals surface area (Å²) >= 11 is 3.22. The third-order valence-corrected chi connectivity index (χ3v) is 6.88. The van der Waals surface area contributed by atoms with Gasteiger partial charge in [0.05, 0.1) is 0 Å². The van der Waals surface area contributed by atoms with E-state index in [0.717, 1.165) is 61.9 Å². The molecule has 2 aliphatic rings. The van der Waals surface area contributed by atoms with Crippen LogP contribution >= 0.6 is 22.7 Å². The summed E-state index contributed by atoms with van der Waals surface area (Å²) in [6.07, 6.45) is 9.97. The molecule has 0 radical (unpaired) electrons. The zero-order valence-corrected chi connectivity index (χ0v) is 17.0. The lowest BCUT2D eigenvalue weighted by molar-refractivity contribution is -0.127. The Morgan fingerprint density at radius 2 is 1.93 bits per heavy atom. The fourth-order valence-corrected chi connectivity index (χ4v) is 5.04. The van der Waals surface area contributed by atoms with Gasteiger partial charge in [-0.25, -0.2) is 4.98 Å². The van der Waals surface area contributed by atoms with E-state index in [1.54, 1.807) is 34.9 Å². The maximum absolute atomic E-state index is 12.4. The van der Waals surface area contributed by atoms with Gasteiger partial charge in [0.15, 0.2) is 0 Å². The van der Waals surface area contributed by atoms with E-state index >= 15 is 0 Å². The van der Waals surface area contributed by atoms with Gasteiger partial charge in [-0.3, -0.25) is 9.69 Å². The first kappa shape index (κ1) is 18.7. The number of aromatic nitrogens is 1. The van der Waals surface area contributed by atoms with Gasteiger partial charge in [0.2, 0.25) is 5.91 Å². The maximum atomic E-state index is 12.4.